The van der Waals surface area contributed by atoms with E-state index in [1.807, 2.05) is 0 Å². The zero-order valence-electron chi connectivity index (χ0n) is 9.08. The van der Waals surface area contributed by atoms with Gasteiger partial charge in [-0.25, -0.2) is 4.39 Å². The van der Waals surface area contributed by atoms with Crippen LogP contribution in [-0.4, -0.2) is 10.8 Å². The first-order valence-corrected chi connectivity index (χ1v) is 5.79. The Hall–Kier alpha value is -1.55. The number of pyridine rings is 1. The van der Waals surface area contributed by atoms with Crippen molar-refractivity contribution in [3.8, 4) is 0 Å². The van der Waals surface area contributed by atoms with Crippen LogP contribution in [0.3, 0.4) is 0 Å². The summed E-state index contributed by atoms with van der Waals surface area (Å²) in [7, 11) is 0. The Morgan fingerprint density at radius 1 is 1.29 bits per heavy atom. The van der Waals surface area contributed by atoms with Crippen LogP contribution in [0.5, 0.6) is 0 Å². The number of halogens is 2. The Morgan fingerprint density at radius 2 is 2.06 bits per heavy atom. The summed E-state index contributed by atoms with van der Waals surface area (Å²) in [6.45, 7) is 1.63. The molecule has 2 rings (SSSR count). The van der Waals surface area contributed by atoms with Crippen LogP contribution in [0, 0.1) is 12.7 Å². The van der Waals surface area contributed by atoms with Gasteiger partial charge in [-0.3, -0.25) is 9.78 Å². The van der Waals surface area contributed by atoms with Crippen molar-refractivity contribution in [2.45, 2.75) is 6.92 Å². The molecule has 1 aromatic carbocycles. The molecule has 0 bridgehead atoms. The third kappa shape index (κ3) is 2.58. The van der Waals surface area contributed by atoms with Crippen LogP contribution in [-0.2, 0) is 0 Å². The quantitative estimate of drug-likeness (QED) is 0.793. The first kappa shape index (κ1) is 11.9. The highest BCUT2D eigenvalue weighted by Crippen LogP contribution is 2.14. The van der Waals surface area contributed by atoms with Gasteiger partial charge in [0.2, 0.25) is 5.78 Å². The van der Waals surface area contributed by atoms with Crippen LogP contribution in [0.4, 0.5) is 4.39 Å². The second kappa shape index (κ2) is 4.75. The van der Waals surface area contributed by atoms with E-state index in [1.54, 1.807) is 25.3 Å². The van der Waals surface area contributed by atoms with E-state index in [0.717, 1.165) is 4.47 Å². The molecule has 0 unspecified atom stereocenters. The van der Waals surface area contributed by atoms with Gasteiger partial charge in [0.25, 0.3) is 0 Å². The van der Waals surface area contributed by atoms with Gasteiger partial charge in [-0.15, -0.1) is 0 Å². The van der Waals surface area contributed by atoms with Crippen molar-refractivity contribution in [2.24, 2.45) is 0 Å². The molecule has 0 radical (unpaired) electrons. The summed E-state index contributed by atoms with van der Waals surface area (Å²) in [4.78, 5) is 16.0. The minimum absolute atomic E-state index is 0.208. The molecular formula is C13H9BrFNO. The molecule has 4 heteroatoms. The number of nitrogens with zero attached hydrogens (tertiary/aromatic N) is 1. The van der Waals surface area contributed by atoms with Crippen molar-refractivity contribution in [1.82, 2.24) is 4.98 Å². The van der Waals surface area contributed by atoms with Gasteiger partial charge in [0.05, 0.1) is 0 Å². The summed E-state index contributed by atoms with van der Waals surface area (Å²) in [5.74, 6) is -0.522. The van der Waals surface area contributed by atoms with Gasteiger partial charge in [0, 0.05) is 16.2 Å². The second-order valence-electron chi connectivity index (χ2n) is 3.65. The van der Waals surface area contributed by atoms with Gasteiger partial charge in [-0.2, -0.15) is 0 Å². The smallest absolute Gasteiger partial charge is 0.211 e. The highest BCUT2D eigenvalue weighted by molar-refractivity contribution is 9.10. The summed E-state index contributed by atoms with van der Waals surface area (Å²) >= 11 is 3.25. The summed E-state index contributed by atoms with van der Waals surface area (Å²) in [5, 5.41) is 0. The van der Waals surface area contributed by atoms with E-state index in [1.165, 1.54) is 18.2 Å². The lowest BCUT2D eigenvalue weighted by Crippen LogP contribution is -2.04. The Morgan fingerprint density at radius 3 is 2.65 bits per heavy atom. The minimum Gasteiger partial charge on any atom is -0.287 e. The lowest BCUT2D eigenvalue weighted by Gasteiger charge is -2.02. The summed E-state index contributed by atoms with van der Waals surface area (Å²) < 4.78 is 13.9. The number of hydrogen-bond acceptors (Lipinski definition) is 2. The van der Waals surface area contributed by atoms with Gasteiger partial charge in [0.1, 0.15) is 11.5 Å². The molecule has 2 aromatic rings. The highest BCUT2D eigenvalue weighted by atomic mass is 79.9. The largest absolute Gasteiger partial charge is 0.287 e. The number of carbonyl (C=O) groups is 1. The first-order chi connectivity index (χ1) is 8.08. The molecule has 0 amide bonds. The second-order valence-corrected chi connectivity index (χ2v) is 4.57. The molecule has 0 saturated carbocycles. The van der Waals surface area contributed by atoms with Crippen LogP contribution in [0.2, 0.25) is 0 Å². The molecule has 0 atom stereocenters. The number of rotatable bonds is 2. The lowest BCUT2D eigenvalue weighted by molar-refractivity contribution is 0.103. The summed E-state index contributed by atoms with van der Waals surface area (Å²) in [5.41, 5.74) is 1.24. The SMILES string of the molecule is Cc1cc(C(=O)c2ccc(Br)cn2)ccc1F. The van der Waals surface area contributed by atoms with E-state index in [0.29, 0.717) is 16.8 Å². The molecule has 0 aliphatic carbocycles. The van der Waals surface area contributed by atoms with Crippen molar-refractivity contribution in [3.05, 3.63) is 63.6 Å². The minimum atomic E-state index is -0.315. The fraction of sp³-hybridized carbons (Fsp3) is 0.0769. The van der Waals surface area contributed by atoms with E-state index < -0.39 is 0 Å². The van der Waals surface area contributed by atoms with Crippen molar-refractivity contribution in [2.75, 3.05) is 0 Å². The Bertz CT molecular complexity index is 566. The van der Waals surface area contributed by atoms with Crippen molar-refractivity contribution in [3.63, 3.8) is 0 Å². The molecule has 0 N–H and O–H groups in total. The molecule has 2 nitrogen and oxygen atoms in total. The average Bonchev–Trinajstić information content (AvgIpc) is 2.33. The Kier molecular flexibility index (Phi) is 3.33. The van der Waals surface area contributed by atoms with E-state index in [4.69, 9.17) is 0 Å². The van der Waals surface area contributed by atoms with Crippen molar-refractivity contribution < 1.29 is 9.18 Å². The first-order valence-electron chi connectivity index (χ1n) is 5.00. The normalized spacial score (nSPS) is 10.3. The molecule has 86 valence electrons. The molecule has 1 aromatic heterocycles. The van der Waals surface area contributed by atoms with Gasteiger partial charge in [-0.1, -0.05) is 0 Å². The molecular weight excluding hydrogens is 285 g/mol. The Labute approximate surface area is 107 Å². The third-order valence-corrected chi connectivity index (χ3v) is 2.85. The molecule has 0 aliphatic rings. The van der Waals surface area contributed by atoms with Crippen LogP contribution in [0.1, 0.15) is 21.6 Å². The zero-order chi connectivity index (χ0) is 12.4. The fourth-order valence-electron chi connectivity index (χ4n) is 1.44. The number of aryl methyl sites for hydroxylation is 1. The fourth-order valence-corrected chi connectivity index (χ4v) is 1.68. The topological polar surface area (TPSA) is 30.0 Å². The van der Waals surface area contributed by atoms with Crippen molar-refractivity contribution in [1.29, 1.82) is 0 Å². The Balaban J connectivity index is 2.37. The van der Waals surface area contributed by atoms with E-state index in [2.05, 4.69) is 20.9 Å². The van der Waals surface area contributed by atoms with Crippen LogP contribution in [0.25, 0.3) is 0 Å². The summed E-state index contributed by atoms with van der Waals surface area (Å²) in [6.07, 6.45) is 1.56. The van der Waals surface area contributed by atoms with Gasteiger partial charge < -0.3 is 0 Å². The van der Waals surface area contributed by atoms with Crippen LogP contribution < -0.4 is 0 Å². The zero-order valence-corrected chi connectivity index (χ0v) is 10.7. The third-order valence-electron chi connectivity index (χ3n) is 2.38. The van der Waals surface area contributed by atoms with Gasteiger partial charge >= 0.3 is 0 Å². The van der Waals surface area contributed by atoms with Gasteiger partial charge in [0.15, 0.2) is 0 Å². The van der Waals surface area contributed by atoms with Gasteiger partial charge in [-0.05, 0) is 58.7 Å². The average molecular weight is 294 g/mol. The van der Waals surface area contributed by atoms with E-state index in [9.17, 15) is 9.18 Å². The standard InChI is InChI=1S/C13H9BrFNO/c1-8-6-9(2-4-11(8)15)13(17)12-5-3-10(14)7-16-12/h2-7H,1H3. The van der Waals surface area contributed by atoms with Crippen LogP contribution >= 0.6 is 15.9 Å². The molecule has 0 saturated heterocycles. The highest BCUT2D eigenvalue weighted by Gasteiger charge is 2.11. The van der Waals surface area contributed by atoms with E-state index in [-0.39, 0.29) is 11.6 Å². The predicted octanol–water partition coefficient (Wildman–Crippen LogP) is 3.52. The molecule has 0 aliphatic heterocycles. The molecule has 17 heavy (non-hydrogen) atoms. The number of hydrogen-bond donors (Lipinski definition) is 0. The predicted molar refractivity (Wildman–Crippen MR) is 66.5 cm³/mol. The molecule has 0 fully saturated rings. The van der Waals surface area contributed by atoms with Crippen molar-refractivity contribution >= 4 is 21.7 Å². The lowest BCUT2D eigenvalue weighted by atomic mass is 10.1. The maximum absolute atomic E-state index is 13.1. The summed E-state index contributed by atoms with van der Waals surface area (Å²) in [6, 6.07) is 7.67. The number of carbonyl (C=O) groups excluding carboxylic acids is 1. The maximum Gasteiger partial charge on any atom is 0.211 e. The maximum atomic E-state index is 13.1. The number of benzene rings is 1. The number of ketones is 1. The molecule has 1 heterocycles. The van der Waals surface area contributed by atoms with E-state index >= 15 is 0 Å². The number of aromatic nitrogens is 1. The van der Waals surface area contributed by atoms with Crippen LogP contribution in [0.15, 0.2) is 41.0 Å². The molecule has 0 spiro atoms. The monoisotopic (exact) mass is 293 g/mol.